The van der Waals surface area contributed by atoms with Crippen LogP contribution in [0.25, 0.3) is 0 Å². The summed E-state index contributed by atoms with van der Waals surface area (Å²) >= 11 is 0. The average molecular weight is 338 g/mol. The van der Waals surface area contributed by atoms with Crippen molar-refractivity contribution in [1.29, 1.82) is 0 Å². The zero-order chi connectivity index (χ0) is 17.4. The SMILES string of the molecule is Cn1ccnc1[C@@H]1NC(=O)CC[C@H]1NC(=O)c1ccc2c(c1)CCC2. The minimum atomic E-state index is -0.306. The molecule has 4 rings (SSSR count). The number of benzene rings is 1. The van der Waals surface area contributed by atoms with Crippen molar-refractivity contribution in [3.63, 3.8) is 0 Å². The van der Waals surface area contributed by atoms with Gasteiger partial charge >= 0.3 is 0 Å². The molecule has 130 valence electrons. The van der Waals surface area contributed by atoms with Crippen LogP contribution in [0.3, 0.4) is 0 Å². The number of hydrogen-bond donors (Lipinski definition) is 2. The van der Waals surface area contributed by atoms with Gasteiger partial charge in [0.2, 0.25) is 5.91 Å². The molecule has 1 fully saturated rings. The van der Waals surface area contributed by atoms with Crippen LogP contribution in [0.15, 0.2) is 30.6 Å². The largest absolute Gasteiger partial charge is 0.347 e. The van der Waals surface area contributed by atoms with E-state index in [1.165, 1.54) is 11.1 Å². The summed E-state index contributed by atoms with van der Waals surface area (Å²) in [6, 6.07) is 5.50. The number of carbonyl (C=O) groups excluding carboxylic acids is 2. The summed E-state index contributed by atoms with van der Waals surface area (Å²) in [6.07, 6.45) is 7.89. The van der Waals surface area contributed by atoms with E-state index < -0.39 is 0 Å². The van der Waals surface area contributed by atoms with Gasteiger partial charge in [-0.05, 0) is 48.9 Å². The Bertz CT molecular complexity index is 827. The van der Waals surface area contributed by atoms with Gasteiger partial charge in [-0.3, -0.25) is 9.59 Å². The van der Waals surface area contributed by atoms with Crippen molar-refractivity contribution in [3.8, 4) is 0 Å². The number of imidazole rings is 1. The molecule has 1 aliphatic carbocycles. The molecular formula is C19H22N4O2. The smallest absolute Gasteiger partial charge is 0.251 e. The molecule has 2 aromatic rings. The quantitative estimate of drug-likeness (QED) is 0.894. The lowest BCUT2D eigenvalue weighted by Gasteiger charge is -2.32. The van der Waals surface area contributed by atoms with E-state index in [1.807, 2.05) is 29.9 Å². The number of amides is 2. The van der Waals surface area contributed by atoms with Crippen LogP contribution < -0.4 is 10.6 Å². The molecule has 1 aromatic heterocycles. The molecule has 1 aliphatic heterocycles. The molecule has 25 heavy (non-hydrogen) atoms. The Hall–Kier alpha value is -2.63. The van der Waals surface area contributed by atoms with Gasteiger partial charge < -0.3 is 15.2 Å². The number of piperidine rings is 1. The third-order valence-electron chi connectivity index (χ3n) is 5.22. The number of aromatic nitrogens is 2. The van der Waals surface area contributed by atoms with Crippen LogP contribution in [0.5, 0.6) is 0 Å². The molecule has 2 aliphatic rings. The van der Waals surface area contributed by atoms with Crippen LogP contribution in [-0.2, 0) is 24.7 Å². The standard InChI is InChI=1S/C19H22N4O2/c1-23-10-9-20-18(23)17-15(7-8-16(24)22-17)21-19(25)14-6-5-12-3-2-4-13(12)11-14/h5-6,9-11,15,17H,2-4,7-8H2,1H3,(H,21,25)(H,22,24)/t15-,17-/m1/s1. The summed E-state index contributed by atoms with van der Waals surface area (Å²) < 4.78 is 1.88. The minimum Gasteiger partial charge on any atom is -0.347 e. The lowest BCUT2D eigenvalue weighted by atomic mass is 9.96. The molecule has 2 atom stereocenters. The molecule has 0 radical (unpaired) electrons. The predicted octanol–water partition coefficient (Wildman–Crippen LogP) is 1.66. The molecule has 2 heterocycles. The molecule has 0 bridgehead atoms. The highest BCUT2D eigenvalue weighted by atomic mass is 16.2. The highest BCUT2D eigenvalue weighted by Gasteiger charge is 2.33. The second-order valence-corrected chi connectivity index (χ2v) is 6.90. The highest BCUT2D eigenvalue weighted by Crippen LogP contribution is 2.25. The fraction of sp³-hybridized carbons (Fsp3) is 0.421. The van der Waals surface area contributed by atoms with Gasteiger partial charge in [0.1, 0.15) is 11.9 Å². The number of aryl methyl sites for hydroxylation is 3. The van der Waals surface area contributed by atoms with Crippen molar-refractivity contribution in [2.45, 2.75) is 44.2 Å². The molecule has 6 nitrogen and oxygen atoms in total. The Balaban J connectivity index is 1.54. The number of nitrogens with one attached hydrogen (secondary N) is 2. The normalized spacial score (nSPS) is 22.4. The van der Waals surface area contributed by atoms with Gasteiger partial charge in [0, 0.05) is 31.4 Å². The van der Waals surface area contributed by atoms with Crippen molar-refractivity contribution < 1.29 is 9.59 Å². The molecule has 1 aromatic carbocycles. The van der Waals surface area contributed by atoms with Crippen LogP contribution in [0.2, 0.25) is 0 Å². The number of rotatable bonds is 3. The first-order valence-electron chi connectivity index (χ1n) is 8.81. The summed E-state index contributed by atoms with van der Waals surface area (Å²) in [4.78, 5) is 28.9. The summed E-state index contributed by atoms with van der Waals surface area (Å²) in [5.74, 6) is 0.665. The highest BCUT2D eigenvalue weighted by molar-refractivity contribution is 5.95. The van der Waals surface area contributed by atoms with E-state index in [0.717, 1.165) is 25.1 Å². The maximum absolute atomic E-state index is 12.7. The number of hydrogen-bond acceptors (Lipinski definition) is 3. The van der Waals surface area contributed by atoms with E-state index >= 15 is 0 Å². The molecule has 0 unspecified atom stereocenters. The summed E-state index contributed by atoms with van der Waals surface area (Å²) in [5.41, 5.74) is 3.33. The van der Waals surface area contributed by atoms with E-state index in [1.54, 1.807) is 6.20 Å². The molecule has 1 saturated heterocycles. The van der Waals surface area contributed by atoms with Crippen molar-refractivity contribution in [2.24, 2.45) is 7.05 Å². The van der Waals surface area contributed by atoms with Crippen molar-refractivity contribution in [1.82, 2.24) is 20.2 Å². The van der Waals surface area contributed by atoms with Gasteiger partial charge in [-0.25, -0.2) is 4.98 Å². The van der Waals surface area contributed by atoms with Crippen LogP contribution in [0, 0.1) is 0 Å². The maximum atomic E-state index is 12.7. The lowest BCUT2D eigenvalue weighted by molar-refractivity contribution is -0.124. The van der Waals surface area contributed by atoms with E-state index in [-0.39, 0.29) is 23.9 Å². The number of fused-ring (bicyclic) bond motifs is 1. The van der Waals surface area contributed by atoms with Crippen LogP contribution in [-0.4, -0.2) is 27.4 Å². The second kappa shape index (κ2) is 6.35. The third kappa shape index (κ3) is 3.04. The molecule has 6 heteroatoms. The Morgan fingerprint density at radius 1 is 1.28 bits per heavy atom. The Labute approximate surface area is 146 Å². The molecule has 0 saturated carbocycles. The van der Waals surface area contributed by atoms with E-state index in [0.29, 0.717) is 18.4 Å². The zero-order valence-electron chi connectivity index (χ0n) is 14.3. The topological polar surface area (TPSA) is 76.0 Å². The van der Waals surface area contributed by atoms with Crippen LogP contribution in [0.4, 0.5) is 0 Å². The van der Waals surface area contributed by atoms with Crippen molar-refractivity contribution in [3.05, 3.63) is 53.1 Å². The summed E-state index contributed by atoms with van der Waals surface area (Å²) in [5, 5.41) is 6.08. The van der Waals surface area contributed by atoms with E-state index in [9.17, 15) is 9.59 Å². The zero-order valence-corrected chi connectivity index (χ0v) is 14.3. The third-order valence-corrected chi connectivity index (χ3v) is 5.22. The first kappa shape index (κ1) is 15.9. The van der Waals surface area contributed by atoms with Gasteiger partial charge in [-0.1, -0.05) is 6.07 Å². The van der Waals surface area contributed by atoms with Crippen molar-refractivity contribution in [2.75, 3.05) is 0 Å². The number of nitrogens with zero attached hydrogens (tertiary/aromatic N) is 2. The fourth-order valence-electron chi connectivity index (χ4n) is 3.84. The molecular weight excluding hydrogens is 316 g/mol. The Morgan fingerprint density at radius 3 is 2.92 bits per heavy atom. The maximum Gasteiger partial charge on any atom is 0.251 e. The first-order chi connectivity index (χ1) is 12.1. The van der Waals surface area contributed by atoms with Crippen molar-refractivity contribution >= 4 is 11.8 Å². The van der Waals surface area contributed by atoms with E-state index in [4.69, 9.17) is 0 Å². The monoisotopic (exact) mass is 338 g/mol. The summed E-state index contributed by atoms with van der Waals surface area (Å²) in [7, 11) is 1.89. The second-order valence-electron chi connectivity index (χ2n) is 6.90. The van der Waals surface area contributed by atoms with Gasteiger partial charge in [0.05, 0.1) is 6.04 Å². The molecule has 0 spiro atoms. The number of carbonyl (C=O) groups is 2. The fourth-order valence-corrected chi connectivity index (χ4v) is 3.84. The first-order valence-corrected chi connectivity index (χ1v) is 8.81. The van der Waals surface area contributed by atoms with Gasteiger partial charge in [0.25, 0.3) is 5.91 Å². The Morgan fingerprint density at radius 2 is 2.12 bits per heavy atom. The molecule has 2 amide bonds. The van der Waals surface area contributed by atoms with Gasteiger partial charge in [0.15, 0.2) is 0 Å². The van der Waals surface area contributed by atoms with Crippen LogP contribution in [0.1, 0.15) is 52.6 Å². The van der Waals surface area contributed by atoms with E-state index in [2.05, 4.69) is 21.7 Å². The van der Waals surface area contributed by atoms with Crippen LogP contribution >= 0.6 is 0 Å². The Kier molecular flexibility index (Phi) is 4.03. The predicted molar refractivity (Wildman–Crippen MR) is 93.0 cm³/mol. The molecule has 2 N–H and O–H groups in total. The van der Waals surface area contributed by atoms with Gasteiger partial charge in [-0.15, -0.1) is 0 Å². The minimum absolute atomic E-state index is 0.00368. The van der Waals surface area contributed by atoms with Gasteiger partial charge in [-0.2, -0.15) is 0 Å². The average Bonchev–Trinajstić information content (AvgIpc) is 3.24. The lowest BCUT2D eigenvalue weighted by Crippen LogP contribution is -2.50. The summed E-state index contributed by atoms with van der Waals surface area (Å²) in [6.45, 7) is 0.